The van der Waals surface area contributed by atoms with Crippen molar-refractivity contribution in [2.75, 3.05) is 0 Å². The number of allylic oxidation sites excluding steroid dienone is 22. The highest BCUT2D eigenvalue weighted by Gasteiger charge is 1.99. The number of unbranched alkanes of at least 4 members (excludes halogenated alkanes) is 30. The molecule has 1 aliphatic carbocycles. The van der Waals surface area contributed by atoms with Crippen LogP contribution in [0.3, 0.4) is 0 Å². The largest absolute Gasteiger partial charge is 0.120 e. The van der Waals surface area contributed by atoms with Crippen LogP contribution < -0.4 is 0 Å². The van der Waals surface area contributed by atoms with E-state index in [9.17, 15) is 0 Å². The summed E-state index contributed by atoms with van der Waals surface area (Å²) < 4.78 is 0. The summed E-state index contributed by atoms with van der Waals surface area (Å²) in [6.07, 6.45) is 125. The average Bonchev–Trinajstić information content (AvgIpc) is 0.981. The summed E-state index contributed by atoms with van der Waals surface area (Å²) in [6, 6.07) is 29.9. The van der Waals surface area contributed by atoms with Crippen molar-refractivity contribution in [3.63, 3.8) is 0 Å². The first-order valence-corrected chi connectivity index (χ1v) is 57.2. The van der Waals surface area contributed by atoms with Gasteiger partial charge in [-0.1, -0.05) is 509 Å². The first-order chi connectivity index (χ1) is 70.1. The molecule has 3 aromatic rings. The Hall–Kier alpha value is -9.40. The highest BCUT2D eigenvalue weighted by atomic mass is 14.1. The molecule has 145 heavy (non-hydrogen) atoms. The molecule has 0 fully saturated rings. The predicted molar refractivity (Wildman–Crippen MR) is 697 cm³/mol. The van der Waals surface area contributed by atoms with Crippen molar-refractivity contribution in [2.24, 2.45) is 11.8 Å². The van der Waals surface area contributed by atoms with Crippen LogP contribution >= 0.6 is 0 Å². The first kappa shape index (κ1) is 181. The van der Waals surface area contributed by atoms with Crippen molar-refractivity contribution in [1.29, 1.82) is 0 Å². The molecule has 0 saturated heterocycles. The van der Waals surface area contributed by atoms with E-state index in [0.29, 0.717) is 5.92 Å². The molecule has 1 unspecified atom stereocenters. The van der Waals surface area contributed by atoms with E-state index in [1.54, 1.807) is 19.9 Å². The van der Waals surface area contributed by atoms with E-state index < -0.39 is 0 Å². The molecule has 0 saturated carbocycles. The lowest BCUT2D eigenvalue weighted by Crippen LogP contribution is -1.92. The van der Waals surface area contributed by atoms with Gasteiger partial charge >= 0.3 is 0 Å². The molecule has 0 heterocycles. The van der Waals surface area contributed by atoms with Crippen LogP contribution in [0.5, 0.6) is 0 Å². The van der Waals surface area contributed by atoms with Crippen molar-refractivity contribution in [2.45, 2.75) is 522 Å². The van der Waals surface area contributed by atoms with E-state index in [1.807, 2.05) is 189 Å². The van der Waals surface area contributed by atoms with E-state index >= 15 is 0 Å². The third-order valence-corrected chi connectivity index (χ3v) is 18.0. The molecule has 832 valence electrons. The number of rotatable bonds is 46. The topological polar surface area (TPSA) is 0 Å². The number of benzene rings is 3. The van der Waals surface area contributed by atoms with Gasteiger partial charge in [0.15, 0.2) is 0 Å². The lowest BCUT2D eigenvalue weighted by molar-refractivity contribution is 0.584. The lowest BCUT2D eigenvalue weighted by atomic mass is 9.98. The van der Waals surface area contributed by atoms with Crippen LogP contribution in [0.2, 0.25) is 0 Å². The van der Waals surface area contributed by atoms with Crippen LogP contribution in [0.1, 0.15) is 539 Å². The maximum absolute atomic E-state index is 5.10. The summed E-state index contributed by atoms with van der Waals surface area (Å²) >= 11 is 0. The molecule has 0 amide bonds. The van der Waals surface area contributed by atoms with Crippen LogP contribution in [-0.2, 0) is 0 Å². The Morgan fingerprint density at radius 2 is 0.676 bits per heavy atom. The van der Waals surface area contributed by atoms with Crippen LogP contribution in [0.15, 0.2) is 296 Å². The van der Waals surface area contributed by atoms with Crippen molar-refractivity contribution in [3.05, 3.63) is 313 Å². The molecule has 3 aromatic carbocycles. The summed E-state index contributed by atoms with van der Waals surface area (Å²) in [4.78, 5) is 0. The minimum absolute atomic E-state index is 0.648. The molecule has 0 N–H and O–H groups in total. The van der Waals surface area contributed by atoms with Crippen molar-refractivity contribution < 1.29 is 0 Å². The summed E-state index contributed by atoms with van der Waals surface area (Å²) in [6.45, 7) is 102. The molecule has 0 aromatic heterocycles. The fourth-order valence-electron chi connectivity index (χ4n) is 9.75. The van der Waals surface area contributed by atoms with Crippen molar-refractivity contribution in [1.82, 2.24) is 0 Å². The molecule has 4 rings (SSSR count). The highest BCUT2D eigenvalue weighted by molar-refractivity contribution is 5.48. The van der Waals surface area contributed by atoms with E-state index in [4.69, 9.17) is 12.8 Å². The van der Waals surface area contributed by atoms with E-state index in [1.165, 1.54) is 293 Å². The molecule has 1 atom stereocenters. The van der Waals surface area contributed by atoms with E-state index in [0.717, 1.165) is 55.6 Å². The second-order valence-electron chi connectivity index (χ2n) is 34.0. The van der Waals surface area contributed by atoms with Gasteiger partial charge in [0.1, 0.15) is 0 Å². The Labute approximate surface area is 919 Å². The normalized spacial score (nSPS) is 9.41. The van der Waals surface area contributed by atoms with Gasteiger partial charge in [0.05, 0.1) is 0 Å². The van der Waals surface area contributed by atoms with Crippen LogP contribution in [-0.4, -0.2) is 0 Å². The number of hydrogen-bond donors (Lipinski definition) is 0. The monoisotopic (exact) mass is 1990 g/mol. The quantitative estimate of drug-likeness (QED) is 0.0300. The van der Waals surface area contributed by atoms with Gasteiger partial charge in [0, 0.05) is 24.0 Å². The average molecular weight is 2000 g/mol. The standard InChI is InChI=1S/C11H22.C10H12.C10H20.C9H8.C9H18.C8H6.C8H16.C7H12.2C7H14.3C6H12.3C5H10.C5H8.2C4H8.C4H6.C3H6.2C3H4/c1-3-5-7-9-11-10-8-6-4-2;1-2-3-7-10-8-5-4-6-9-10;1-3-5-7-9-10-8-6-4-2;1-2-6-9-7-4-3-5-8-9;1-3-5-7-9-8-6-4-2;1-2-8-6-4-3-5-7-8;1-3-5-7-8-6-4-2;1-7-5-3-2-4-6-7;2*1-3-5-7-6-4-2;2*1-4-5-6(2)3;1-3-5-6-4-2;1-4-5(2)3;3*1-3-5-4-2;3*1-3-4-2;3*1-3-2/h3H,1,4-11H2,2H3;3-9H,2H2,1H3;3H,1,4-10H2,2H3;3-5,7-8H,1H3;3H,1,4-9H2,2H3;1,3-7H;3H,1,4-8H2,2H3;3,5,7H,2,4,6H2,1H3;3,5H,4,6-7H2,1-2H3;3H,1,4-7H2,2H3;5H,4H2,1-3H3;2,4-5H2,1,3H3;3H,1,4-6H2,2H3;4-5H,1H2,2-3H3;3,5H,4H2,1-2H3;3H,1,4-5H2,2H3;3H2,1-2H3;3-4H,1-2H3;3H,1,4H2,2H3;1H,4H2,2H3;3H,1H2,2H3;2*1H,2H3/b;7-3+;;;;;;;5-3+;;;;;;5-3+;;;4-3+;;;;;. The van der Waals surface area contributed by atoms with Gasteiger partial charge in [0.25, 0.3) is 0 Å². The Morgan fingerprint density at radius 1 is 0.366 bits per heavy atom. The van der Waals surface area contributed by atoms with Crippen LogP contribution in [0.25, 0.3) is 6.08 Å². The summed E-state index contributed by atoms with van der Waals surface area (Å²) in [5.41, 5.74) is 6.01. The molecule has 1 aliphatic rings. The Kier molecular flexibility index (Phi) is 274. The first-order valence-electron chi connectivity index (χ1n) is 57.2. The Bertz CT molecular complexity index is 3240. The van der Waals surface area contributed by atoms with Crippen LogP contribution in [0, 0.1) is 84.9 Å². The highest BCUT2D eigenvalue weighted by Crippen LogP contribution is 2.15. The maximum atomic E-state index is 5.10. The second-order valence-corrected chi connectivity index (χ2v) is 34.0. The number of hydrogen-bond acceptors (Lipinski definition) is 0. The minimum atomic E-state index is 0.648. The van der Waals surface area contributed by atoms with Crippen LogP contribution in [0.4, 0.5) is 0 Å². The molecule has 0 heteroatoms. The molecule has 0 bridgehead atoms. The van der Waals surface area contributed by atoms with Gasteiger partial charge in [-0.25, -0.2) is 0 Å². The Balaban J connectivity index is -0.0000000679. The maximum Gasteiger partial charge on any atom is 0.0245 e. The Morgan fingerprint density at radius 3 is 0.855 bits per heavy atom. The summed E-state index contributed by atoms with van der Waals surface area (Å²) in [5, 5.41) is 0. The fraction of sp³-hybridized carbons (Fsp3) is 0.559. The molecule has 0 nitrogen and oxygen atoms in total. The van der Waals surface area contributed by atoms with Gasteiger partial charge in [-0.05, 0) is 260 Å². The SMILES string of the molecule is C#CC.C#CC.C#CCC.C#Cc1ccccc1.C/C=C/C.C/C=C/CC.C/C=C/CCCC.C=C(C)CCC.C=CC.C=CC(C)C.C=CCC.C=CCCC.C=CCCCC.C=CCCCCC.C=CCCCCCC.C=CCCCCCCC.C=CCCCCCCCC.C=CCCCCCCCCC.CC#CCC.CC#Cc1ccccc1.CC/C=C/c1ccccc1.CC1C=CCCC1.CCC=C(C)C. The third kappa shape index (κ3) is 323. The zero-order chi connectivity index (χ0) is 115. The minimum Gasteiger partial charge on any atom is -0.120 e. The number of terminal acetylenes is 4. The summed E-state index contributed by atoms with van der Waals surface area (Å²) in [5.74, 6) is 22.4. The van der Waals surface area contributed by atoms with Crippen molar-refractivity contribution in [3.8, 4) is 73.1 Å². The second kappa shape index (κ2) is 220. The third-order valence-electron chi connectivity index (χ3n) is 18.0. The molecule has 0 spiro atoms. The van der Waals surface area contributed by atoms with Gasteiger partial charge in [-0.15, -0.1) is 134 Å². The van der Waals surface area contributed by atoms with E-state index in [2.05, 4.69) is 350 Å². The van der Waals surface area contributed by atoms with Gasteiger partial charge in [-0.2, -0.15) is 0 Å². The zero-order valence-electron chi connectivity index (χ0n) is 103. The molecular formula is C145H252. The summed E-state index contributed by atoms with van der Waals surface area (Å²) in [7, 11) is 0. The fourth-order valence-corrected chi connectivity index (χ4v) is 9.75. The van der Waals surface area contributed by atoms with Gasteiger partial charge in [0.2, 0.25) is 0 Å². The van der Waals surface area contributed by atoms with Crippen molar-refractivity contribution >= 4 is 6.08 Å². The molecule has 0 radical (unpaired) electrons. The molecule has 0 aliphatic heterocycles. The van der Waals surface area contributed by atoms with Gasteiger partial charge in [-0.3, -0.25) is 0 Å². The van der Waals surface area contributed by atoms with E-state index in [-0.39, 0.29) is 0 Å². The zero-order valence-corrected chi connectivity index (χ0v) is 103. The smallest absolute Gasteiger partial charge is 0.0245 e. The molecular weight excluding hydrogens is 1740 g/mol. The lowest BCUT2D eigenvalue weighted by Gasteiger charge is -2.08. The predicted octanol–water partition coefficient (Wildman–Crippen LogP) is 50.6. The van der Waals surface area contributed by atoms with Gasteiger partial charge < -0.3 is 0 Å².